The van der Waals surface area contributed by atoms with Crippen molar-refractivity contribution in [3.8, 4) is 5.75 Å². The fourth-order valence-corrected chi connectivity index (χ4v) is 6.74. The molecule has 36 heavy (non-hydrogen) atoms. The molecule has 2 aromatic carbocycles. The zero-order valence-corrected chi connectivity index (χ0v) is 22.0. The van der Waals surface area contributed by atoms with Crippen LogP contribution >= 0.6 is 23.2 Å². The van der Waals surface area contributed by atoms with Gasteiger partial charge in [-0.05, 0) is 76.4 Å². The monoisotopic (exact) mass is 528 g/mol. The Kier molecular flexibility index (Phi) is 5.76. The minimum absolute atomic E-state index is 0.0823. The first-order chi connectivity index (χ1) is 17.1. The van der Waals surface area contributed by atoms with Crippen LogP contribution in [0.5, 0.6) is 5.75 Å². The standard InChI is InChI=1S/C27H30Cl2N4O3/c1-16-30-23-13-19(12-21(29)24(23)33(16)18-14-26(2,35)15-18)36-10-9-32-7-5-27(6-8-32)20-11-17(28)3-4-22(20)31-25(27)34/h3-4,11-13,18,35H,5-10,14-15H2,1-2H3,(H,31,34). The zero-order chi connectivity index (χ0) is 25.2. The first kappa shape index (κ1) is 24.0. The van der Waals surface area contributed by atoms with Gasteiger partial charge in [0.25, 0.3) is 0 Å². The van der Waals surface area contributed by atoms with E-state index < -0.39 is 11.0 Å². The predicted octanol–water partition coefficient (Wildman–Crippen LogP) is 5.10. The van der Waals surface area contributed by atoms with Crippen molar-refractivity contribution < 1.29 is 14.6 Å². The van der Waals surface area contributed by atoms with Gasteiger partial charge in [-0.3, -0.25) is 9.69 Å². The number of halogens is 2. The zero-order valence-electron chi connectivity index (χ0n) is 20.5. The number of imidazole rings is 1. The van der Waals surface area contributed by atoms with Crippen molar-refractivity contribution in [2.75, 3.05) is 31.6 Å². The lowest BCUT2D eigenvalue weighted by Gasteiger charge is -2.42. The van der Waals surface area contributed by atoms with E-state index >= 15 is 0 Å². The second-order valence-electron chi connectivity index (χ2n) is 10.8. The third-order valence-electron chi connectivity index (χ3n) is 8.17. The number of carbonyl (C=O) groups excluding carboxylic acids is 1. The van der Waals surface area contributed by atoms with Crippen LogP contribution in [0.1, 0.15) is 50.0 Å². The highest BCUT2D eigenvalue weighted by Crippen LogP contribution is 2.46. The van der Waals surface area contributed by atoms with Gasteiger partial charge in [-0.15, -0.1) is 0 Å². The van der Waals surface area contributed by atoms with E-state index in [1.807, 2.05) is 44.2 Å². The minimum atomic E-state index is -0.616. The Morgan fingerprint density at radius 2 is 1.94 bits per heavy atom. The molecule has 2 aliphatic heterocycles. The van der Waals surface area contributed by atoms with E-state index in [0.717, 1.165) is 60.6 Å². The number of piperidine rings is 1. The van der Waals surface area contributed by atoms with Crippen molar-refractivity contribution in [2.45, 2.75) is 56.6 Å². The molecule has 1 saturated heterocycles. The summed E-state index contributed by atoms with van der Waals surface area (Å²) < 4.78 is 8.22. The Morgan fingerprint density at radius 1 is 1.19 bits per heavy atom. The molecule has 6 rings (SSSR count). The molecule has 1 spiro atoms. The number of fused-ring (bicyclic) bond motifs is 3. The summed E-state index contributed by atoms with van der Waals surface area (Å²) >= 11 is 12.9. The fourth-order valence-electron chi connectivity index (χ4n) is 6.28. The molecule has 3 aromatic rings. The van der Waals surface area contributed by atoms with Gasteiger partial charge in [-0.25, -0.2) is 4.98 Å². The maximum absolute atomic E-state index is 12.9. The quantitative estimate of drug-likeness (QED) is 0.481. The number of rotatable bonds is 5. The van der Waals surface area contributed by atoms with E-state index in [2.05, 4.69) is 14.8 Å². The Hall–Kier alpha value is -2.32. The smallest absolute Gasteiger partial charge is 0.235 e. The number of benzene rings is 2. The van der Waals surface area contributed by atoms with Gasteiger partial charge >= 0.3 is 0 Å². The van der Waals surface area contributed by atoms with Crippen LogP contribution in [0.15, 0.2) is 30.3 Å². The SMILES string of the molecule is Cc1nc2cc(OCCN3CCC4(CC3)C(=O)Nc3ccc(Cl)cc34)cc(Cl)c2n1C1CC(C)(O)C1. The van der Waals surface area contributed by atoms with Crippen LogP contribution in [0.25, 0.3) is 11.0 Å². The highest BCUT2D eigenvalue weighted by Gasteiger charge is 2.48. The van der Waals surface area contributed by atoms with Crippen molar-refractivity contribution in [3.63, 3.8) is 0 Å². The second kappa shape index (κ2) is 8.62. The van der Waals surface area contributed by atoms with Gasteiger partial charge in [-0.1, -0.05) is 23.2 Å². The number of hydrogen-bond acceptors (Lipinski definition) is 5. The van der Waals surface area contributed by atoms with Crippen LogP contribution < -0.4 is 10.1 Å². The second-order valence-corrected chi connectivity index (χ2v) is 11.6. The number of anilines is 1. The van der Waals surface area contributed by atoms with E-state index in [1.54, 1.807) is 0 Å². The maximum Gasteiger partial charge on any atom is 0.235 e. The molecule has 3 aliphatic rings. The average molecular weight is 529 g/mol. The minimum Gasteiger partial charge on any atom is -0.492 e. The van der Waals surface area contributed by atoms with Crippen molar-refractivity contribution in [1.29, 1.82) is 0 Å². The summed E-state index contributed by atoms with van der Waals surface area (Å²) in [6.45, 7) is 6.76. The number of aliphatic hydroxyl groups is 1. The summed E-state index contributed by atoms with van der Waals surface area (Å²) in [6.07, 6.45) is 2.92. The summed E-state index contributed by atoms with van der Waals surface area (Å²) in [5.41, 5.74) is 2.52. The summed E-state index contributed by atoms with van der Waals surface area (Å²) in [7, 11) is 0. The molecule has 1 saturated carbocycles. The number of hydrogen-bond donors (Lipinski definition) is 2. The molecule has 1 aliphatic carbocycles. The molecule has 0 unspecified atom stereocenters. The molecule has 2 fully saturated rings. The Bertz CT molecular complexity index is 1350. The highest BCUT2D eigenvalue weighted by atomic mass is 35.5. The molecule has 1 amide bonds. The van der Waals surface area contributed by atoms with Crippen molar-refractivity contribution in [1.82, 2.24) is 14.5 Å². The number of ether oxygens (including phenoxy) is 1. The number of amides is 1. The number of aromatic nitrogens is 2. The van der Waals surface area contributed by atoms with Gasteiger partial charge in [0.05, 0.1) is 27.1 Å². The van der Waals surface area contributed by atoms with Gasteiger partial charge in [0.2, 0.25) is 5.91 Å². The molecule has 0 atom stereocenters. The largest absolute Gasteiger partial charge is 0.492 e. The molecular weight excluding hydrogens is 499 g/mol. The van der Waals surface area contributed by atoms with Crippen molar-refractivity contribution >= 4 is 45.8 Å². The van der Waals surface area contributed by atoms with Crippen molar-refractivity contribution in [3.05, 3.63) is 51.8 Å². The average Bonchev–Trinajstić information content (AvgIpc) is 3.27. The summed E-state index contributed by atoms with van der Waals surface area (Å²) in [5.74, 6) is 1.68. The van der Waals surface area contributed by atoms with Crippen LogP contribution in [0, 0.1) is 6.92 Å². The van der Waals surface area contributed by atoms with Crippen LogP contribution in [0.3, 0.4) is 0 Å². The molecular formula is C27H30Cl2N4O3. The predicted molar refractivity (Wildman–Crippen MR) is 141 cm³/mol. The lowest BCUT2D eigenvalue weighted by Crippen LogP contribution is -2.47. The Balaban J connectivity index is 1.09. The first-order valence-corrected chi connectivity index (χ1v) is 13.3. The normalized spacial score (nSPS) is 25.1. The first-order valence-electron chi connectivity index (χ1n) is 12.5. The van der Waals surface area contributed by atoms with E-state index in [9.17, 15) is 9.90 Å². The lowest BCUT2D eigenvalue weighted by atomic mass is 9.73. The third-order valence-corrected chi connectivity index (χ3v) is 8.69. The van der Waals surface area contributed by atoms with E-state index in [1.165, 1.54) is 0 Å². The number of nitrogens with zero attached hydrogens (tertiary/aromatic N) is 3. The van der Waals surface area contributed by atoms with Gasteiger partial charge in [0.1, 0.15) is 18.2 Å². The topological polar surface area (TPSA) is 79.6 Å². The van der Waals surface area contributed by atoms with Gasteiger partial charge in [-0.2, -0.15) is 0 Å². The molecule has 0 radical (unpaired) electrons. The number of carbonyl (C=O) groups is 1. The van der Waals surface area contributed by atoms with Crippen LogP contribution in [0.4, 0.5) is 5.69 Å². The molecule has 0 bridgehead atoms. The van der Waals surface area contributed by atoms with Crippen molar-refractivity contribution in [2.24, 2.45) is 0 Å². The fraction of sp³-hybridized carbons (Fsp3) is 0.481. The van der Waals surface area contributed by atoms with Crippen LogP contribution in [-0.2, 0) is 10.2 Å². The summed E-state index contributed by atoms with van der Waals surface area (Å²) in [4.78, 5) is 19.9. The lowest BCUT2D eigenvalue weighted by molar-refractivity contribution is -0.122. The Labute approximate surface area is 220 Å². The van der Waals surface area contributed by atoms with Gasteiger partial charge < -0.3 is 19.7 Å². The Morgan fingerprint density at radius 3 is 2.67 bits per heavy atom. The number of likely N-dealkylation sites (tertiary alicyclic amines) is 1. The summed E-state index contributed by atoms with van der Waals surface area (Å²) in [6, 6.07) is 9.65. The van der Waals surface area contributed by atoms with Gasteiger partial charge in [0, 0.05) is 35.4 Å². The molecule has 9 heteroatoms. The number of nitrogens with one attached hydrogen (secondary N) is 1. The van der Waals surface area contributed by atoms with Gasteiger partial charge in [0.15, 0.2) is 0 Å². The van der Waals surface area contributed by atoms with E-state index in [4.69, 9.17) is 32.9 Å². The molecule has 3 heterocycles. The number of aryl methyl sites for hydroxylation is 1. The van der Waals surface area contributed by atoms with E-state index in [0.29, 0.717) is 35.2 Å². The molecule has 190 valence electrons. The van der Waals surface area contributed by atoms with Crippen LogP contribution in [0.2, 0.25) is 10.0 Å². The van der Waals surface area contributed by atoms with E-state index in [-0.39, 0.29) is 11.9 Å². The van der Waals surface area contributed by atoms with Crippen LogP contribution in [-0.4, -0.2) is 57.3 Å². The molecule has 7 nitrogen and oxygen atoms in total. The molecule has 1 aromatic heterocycles. The maximum atomic E-state index is 12.9. The third kappa shape index (κ3) is 3.97. The summed E-state index contributed by atoms with van der Waals surface area (Å²) in [5, 5.41) is 14.5. The highest BCUT2D eigenvalue weighted by molar-refractivity contribution is 6.35. The molecule has 2 N–H and O–H groups in total.